The number of benzene rings is 3. The van der Waals surface area contributed by atoms with Crippen LogP contribution in [0.5, 0.6) is 5.75 Å². The number of hydrogen-bond donors (Lipinski definition) is 2. The minimum absolute atomic E-state index is 0.0364. The van der Waals surface area contributed by atoms with Crippen LogP contribution in [-0.2, 0) is 27.8 Å². The van der Waals surface area contributed by atoms with E-state index in [1.165, 1.54) is 18.2 Å². The molecule has 0 saturated heterocycles. The van der Waals surface area contributed by atoms with E-state index in [-0.39, 0.29) is 36.0 Å². The van der Waals surface area contributed by atoms with Crippen molar-refractivity contribution in [2.75, 3.05) is 13.1 Å². The largest absolute Gasteiger partial charge is 0.489 e. The highest BCUT2D eigenvalue weighted by atomic mass is 32.2. The van der Waals surface area contributed by atoms with Crippen molar-refractivity contribution in [3.63, 3.8) is 0 Å². The lowest BCUT2D eigenvalue weighted by molar-refractivity contribution is -0.385. The molecule has 0 aliphatic rings. The Bertz CT molecular complexity index is 1490. The number of sulfonamides is 1. The summed E-state index contributed by atoms with van der Waals surface area (Å²) < 4.78 is 39.6. The SMILES string of the molecule is CC(C)CN(CC(O)[C@H](Cc1ccc(OCc2ccccc2)cc1)NC(=O)OC(C)(C)C)S(=O)(=O)c1cccc([N+](=O)[O-])c1. The van der Waals surface area contributed by atoms with E-state index in [1.54, 1.807) is 32.9 Å². The Morgan fingerprint density at radius 3 is 2.23 bits per heavy atom. The van der Waals surface area contributed by atoms with E-state index in [0.29, 0.717) is 12.4 Å². The predicted octanol–water partition coefficient (Wildman–Crippen LogP) is 5.32. The molecule has 0 bridgehead atoms. The van der Waals surface area contributed by atoms with Crippen molar-refractivity contribution in [2.45, 2.75) is 70.3 Å². The zero-order valence-electron chi connectivity index (χ0n) is 25.7. The molecule has 1 unspecified atom stereocenters. The molecule has 3 aromatic carbocycles. The number of nitro benzene ring substituents is 1. The van der Waals surface area contributed by atoms with Crippen LogP contribution in [0.3, 0.4) is 0 Å². The summed E-state index contributed by atoms with van der Waals surface area (Å²) >= 11 is 0. The predicted molar refractivity (Wildman–Crippen MR) is 167 cm³/mol. The summed E-state index contributed by atoms with van der Waals surface area (Å²) in [6.07, 6.45) is -1.96. The molecule has 3 aromatic rings. The van der Waals surface area contributed by atoms with E-state index in [0.717, 1.165) is 21.5 Å². The highest BCUT2D eigenvalue weighted by Crippen LogP contribution is 2.23. The van der Waals surface area contributed by atoms with Crippen LogP contribution in [0.25, 0.3) is 0 Å². The molecule has 44 heavy (non-hydrogen) atoms. The summed E-state index contributed by atoms with van der Waals surface area (Å²) in [5.74, 6) is 0.511. The van der Waals surface area contributed by atoms with Crippen molar-refractivity contribution in [1.82, 2.24) is 9.62 Å². The standard InChI is InChI=1S/C32H41N3O8S/c1-23(2)20-34(44(40,41)28-13-9-12-26(19-28)35(38)39)21-30(36)29(33-31(37)43-32(3,4)5)18-24-14-16-27(17-15-24)42-22-25-10-7-6-8-11-25/h6-17,19,23,29-30,36H,18,20-22H2,1-5H3,(H,33,37)/t29-,30?/m0/s1. The number of aliphatic hydroxyl groups excluding tert-OH is 1. The molecular formula is C32H41N3O8S. The van der Waals surface area contributed by atoms with Gasteiger partial charge in [0.25, 0.3) is 5.69 Å². The molecule has 0 aliphatic carbocycles. The minimum atomic E-state index is -4.24. The fraction of sp³-hybridized carbons (Fsp3) is 0.406. The summed E-state index contributed by atoms with van der Waals surface area (Å²) in [5.41, 5.74) is 0.616. The van der Waals surface area contributed by atoms with Crippen LogP contribution in [0, 0.1) is 16.0 Å². The van der Waals surface area contributed by atoms with Gasteiger partial charge in [-0.15, -0.1) is 0 Å². The van der Waals surface area contributed by atoms with Crippen molar-refractivity contribution in [1.29, 1.82) is 0 Å². The molecule has 2 N–H and O–H groups in total. The highest BCUT2D eigenvalue weighted by Gasteiger charge is 2.33. The van der Waals surface area contributed by atoms with Crippen LogP contribution < -0.4 is 10.1 Å². The van der Waals surface area contributed by atoms with Gasteiger partial charge < -0.3 is 19.9 Å². The second kappa shape index (κ2) is 15.1. The zero-order valence-corrected chi connectivity index (χ0v) is 26.5. The van der Waals surface area contributed by atoms with Gasteiger partial charge in [0.05, 0.1) is 22.0 Å². The molecule has 0 radical (unpaired) electrons. The summed E-state index contributed by atoms with van der Waals surface area (Å²) in [6.45, 7) is 8.83. The van der Waals surface area contributed by atoms with E-state index in [9.17, 15) is 28.4 Å². The van der Waals surface area contributed by atoms with Crippen LogP contribution in [-0.4, -0.2) is 59.7 Å². The summed E-state index contributed by atoms with van der Waals surface area (Å²) in [5, 5.41) is 25.4. The lowest BCUT2D eigenvalue weighted by Gasteiger charge is -2.31. The lowest BCUT2D eigenvalue weighted by atomic mass is 10.0. The van der Waals surface area contributed by atoms with E-state index in [1.807, 2.05) is 56.3 Å². The fourth-order valence-corrected chi connectivity index (χ4v) is 6.04. The Morgan fingerprint density at radius 2 is 1.64 bits per heavy atom. The van der Waals surface area contributed by atoms with E-state index < -0.39 is 38.8 Å². The molecule has 11 nitrogen and oxygen atoms in total. The Labute approximate surface area is 259 Å². The molecule has 238 valence electrons. The highest BCUT2D eigenvalue weighted by molar-refractivity contribution is 7.89. The number of nitrogens with one attached hydrogen (secondary N) is 1. The topological polar surface area (TPSA) is 148 Å². The molecule has 0 spiro atoms. The second-order valence-electron chi connectivity index (χ2n) is 11.9. The maximum Gasteiger partial charge on any atom is 0.407 e. The molecule has 0 aliphatic heterocycles. The molecule has 3 rings (SSSR count). The third kappa shape index (κ3) is 10.6. The maximum atomic E-state index is 13.6. The summed E-state index contributed by atoms with van der Waals surface area (Å²) in [4.78, 5) is 23.1. The van der Waals surface area contributed by atoms with Gasteiger partial charge in [0, 0.05) is 25.2 Å². The number of ether oxygens (including phenoxy) is 2. The Hall–Kier alpha value is -4.00. The van der Waals surface area contributed by atoms with E-state index in [4.69, 9.17) is 9.47 Å². The van der Waals surface area contributed by atoms with Gasteiger partial charge in [-0.3, -0.25) is 10.1 Å². The van der Waals surface area contributed by atoms with Gasteiger partial charge in [-0.05, 0) is 62.4 Å². The maximum absolute atomic E-state index is 13.6. The second-order valence-corrected chi connectivity index (χ2v) is 13.9. The number of nitro groups is 1. The number of nitrogens with zero attached hydrogens (tertiary/aromatic N) is 2. The van der Waals surface area contributed by atoms with Crippen LogP contribution in [0.15, 0.2) is 83.8 Å². The van der Waals surface area contributed by atoms with Crippen molar-refractivity contribution >= 4 is 21.8 Å². The van der Waals surface area contributed by atoms with Gasteiger partial charge in [-0.1, -0.05) is 62.4 Å². The molecule has 0 aromatic heterocycles. The van der Waals surface area contributed by atoms with Gasteiger partial charge in [-0.25, -0.2) is 13.2 Å². The molecule has 0 fully saturated rings. The van der Waals surface area contributed by atoms with Gasteiger partial charge in [0.2, 0.25) is 10.0 Å². The third-order valence-corrected chi connectivity index (χ3v) is 8.25. The quantitative estimate of drug-likeness (QED) is 0.180. The molecule has 0 heterocycles. The minimum Gasteiger partial charge on any atom is -0.489 e. The van der Waals surface area contributed by atoms with Crippen LogP contribution in [0.4, 0.5) is 10.5 Å². The number of aliphatic hydroxyl groups is 1. The number of rotatable bonds is 14. The molecule has 2 atom stereocenters. The van der Waals surface area contributed by atoms with Crippen LogP contribution >= 0.6 is 0 Å². The first-order valence-electron chi connectivity index (χ1n) is 14.3. The Balaban J connectivity index is 1.83. The fourth-order valence-electron chi connectivity index (χ4n) is 4.38. The Kier molecular flexibility index (Phi) is 11.9. The number of hydrogen-bond acceptors (Lipinski definition) is 8. The van der Waals surface area contributed by atoms with Crippen LogP contribution in [0.1, 0.15) is 45.7 Å². The van der Waals surface area contributed by atoms with Crippen LogP contribution in [0.2, 0.25) is 0 Å². The first kappa shape index (κ1) is 34.5. The van der Waals surface area contributed by atoms with Crippen molar-refractivity contribution in [2.24, 2.45) is 5.92 Å². The first-order valence-corrected chi connectivity index (χ1v) is 15.8. The Morgan fingerprint density at radius 1 is 0.977 bits per heavy atom. The summed E-state index contributed by atoms with van der Waals surface area (Å²) in [6, 6.07) is 20.8. The average Bonchev–Trinajstić information content (AvgIpc) is 2.95. The van der Waals surface area contributed by atoms with E-state index >= 15 is 0 Å². The number of carbonyl (C=O) groups is 1. The van der Waals surface area contributed by atoms with Gasteiger partial charge >= 0.3 is 6.09 Å². The average molecular weight is 628 g/mol. The molecule has 0 saturated carbocycles. The third-order valence-electron chi connectivity index (χ3n) is 6.42. The van der Waals surface area contributed by atoms with Crippen molar-refractivity contribution in [3.05, 3.63) is 100 Å². The smallest absolute Gasteiger partial charge is 0.407 e. The molecule has 1 amide bonds. The number of carbonyl (C=O) groups excluding carboxylic acids is 1. The number of amides is 1. The lowest BCUT2D eigenvalue weighted by Crippen LogP contribution is -2.51. The number of non-ortho nitro benzene ring substituents is 1. The van der Waals surface area contributed by atoms with Crippen molar-refractivity contribution in [3.8, 4) is 5.75 Å². The molecular weight excluding hydrogens is 586 g/mol. The van der Waals surface area contributed by atoms with Gasteiger partial charge in [0.15, 0.2) is 0 Å². The summed E-state index contributed by atoms with van der Waals surface area (Å²) in [7, 11) is -4.24. The first-order chi connectivity index (χ1) is 20.6. The van der Waals surface area contributed by atoms with Gasteiger partial charge in [0.1, 0.15) is 18.0 Å². The van der Waals surface area contributed by atoms with E-state index in [2.05, 4.69) is 5.32 Å². The molecule has 12 heteroatoms. The van der Waals surface area contributed by atoms with Gasteiger partial charge in [-0.2, -0.15) is 4.31 Å². The number of alkyl carbamates (subject to hydrolysis) is 1. The monoisotopic (exact) mass is 627 g/mol. The van der Waals surface area contributed by atoms with Crippen molar-refractivity contribution < 1.29 is 32.7 Å². The normalized spacial score (nSPS) is 13.4. The zero-order chi connectivity index (χ0) is 32.5.